The Labute approximate surface area is 283 Å². The molecule has 5 fully saturated rings. The molecule has 13 nitrogen and oxygen atoms in total. The van der Waals surface area contributed by atoms with Gasteiger partial charge in [-0.3, -0.25) is 4.79 Å². The van der Waals surface area contributed by atoms with Crippen LogP contribution in [0.3, 0.4) is 0 Å². The van der Waals surface area contributed by atoms with Crippen LogP contribution < -0.4 is 15.0 Å². The first-order valence-corrected chi connectivity index (χ1v) is 18.8. The van der Waals surface area contributed by atoms with Gasteiger partial charge < -0.3 is 24.8 Å². The molecular formula is C33H48FN9O4S. The van der Waals surface area contributed by atoms with E-state index in [1.54, 1.807) is 13.5 Å². The SMILES string of the molecule is CC(C)N(C(=O)c1cc(F)ccc1Oc1nncnc1N1CC2(CCN(C[C@@H]3CCN(S(=O)(=O)N4C[C@@H]5C[C@H]4CN5)C3)CC2)C1)C(C)C. The van der Waals surface area contributed by atoms with Crippen LogP contribution >= 0.6 is 0 Å². The molecule has 48 heavy (non-hydrogen) atoms. The van der Waals surface area contributed by atoms with Gasteiger partial charge in [-0.1, -0.05) is 0 Å². The van der Waals surface area contributed by atoms with Crippen molar-refractivity contribution in [1.82, 2.24) is 38.9 Å². The maximum absolute atomic E-state index is 14.4. The van der Waals surface area contributed by atoms with E-state index in [1.807, 2.05) is 27.7 Å². The lowest BCUT2D eigenvalue weighted by molar-refractivity contribution is 0.0640. The standard InChI is InChI=1S/C33H48FN9O4S/c1-22(2)43(23(3)4)32(44)28-13-25(34)5-6-29(28)47-31-30(36-21-37-38-31)40-19-33(20-40)8-11-39(12-9-33)16-24-7-10-41(17-24)48(45,46)42-18-26-14-27(42)15-35-26/h5-6,13,21-24,26-27,35H,7-12,14-20H2,1-4H3/t24-,26-,27-/m0/s1. The molecule has 1 N–H and O–H groups in total. The molecule has 7 rings (SSSR count). The second-order valence-corrected chi connectivity index (χ2v) is 16.9. The number of amides is 1. The highest BCUT2D eigenvalue weighted by atomic mass is 32.2. The van der Waals surface area contributed by atoms with E-state index in [0.717, 1.165) is 65.0 Å². The predicted octanol–water partition coefficient (Wildman–Crippen LogP) is 2.58. The summed E-state index contributed by atoms with van der Waals surface area (Å²) in [5.41, 5.74) is 0.295. The smallest absolute Gasteiger partial charge is 0.282 e. The molecule has 3 atom stereocenters. The molecule has 5 saturated heterocycles. The zero-order valence-corrected chi connectivity index (χ0v) is 29.2. The number of ether oxygens (including phenoxy) is 1. The van der Waals surface area contributed by atoms with E-state index in [-0.39, 0.29) is 46.6 Å². The van der Waals surface area contributed by atoms with Crippen LogP contribution in [-0.4, -0.2) is 131 Å². The summed E-state index contributed by atoms with van der Waals surface area (Å²) in [5, 5.41) is 11.6. The molecule has 6 heterocycles. The molecule has 15 heteroatoms. The number of hydrogen-bond donors (Lipinski definition) is 1. The minimum atomic E-state index is -3.39. The topological polar surface area (TPSA) is 127 Å². The molecule has 0 aliphatic carbocycles. The normalized spacial score (nSPS) is 26.1. The Morgan fingerprint density at radius 1 is 1.12 bits per heavy atom. The van der Waals surface area contributed by atoms with Gasteiger partial charge in [0.25, 0.3) is 22.0 Å². The number of piperazine rings is 1. The van der Waals surface area contributed by atoms with E-state index in [4.69, 9.17) is 4.74 Å². The highest BCUT2D eigenvalue weighted by Crippen LogP contribution is 2.45. The Morgan fingerprint density at radius 3 is 2.54 bits per heavy atom. The van der Waals surface area contributed by atoms with Crippen LogP contribution in [0.4, 0.5) is 10.2 Å². The minimum absolute atomic E-state index is 0.0807. The van der Waals surface area contributed by atoms with Crippen molar-refractivity contribution >= 4 is 21.9 Å². The van der Waals surface area contributed by atoms with E-state index in [1.165, 1.54) is 24.5 Å². The predicted molar refractivity (Wildman–Crippen MR) is 179 cm³/mol. The highest BCUT2D eigenvalue weighted by molar-refractivity contribution is 7.86. The summed E-state index contributed by atoms with van der Waals surface area (Å²) >= 11 is 0. The number of carbonyl (C=O) groups excluding carboxylic acids is 1. The van der Waals surface area contributed by atoms with Crippen molar-refractivity contribution in [2.24, 2.45) is 11.3 Å². The molecule has 1 aromatic heterocycles. The molecule has 1 aromatic carbocycles. The van der Waals surface area contributed by atoms with Crippen LogP contribution in [0, 0.1) is 17.2 Å². The van der Waals surface area contributed by atoms with Gasteiger partial charge in [0, 0.05) is 75.4 Å². The fourth-order valence-electron chi connectivity index (χ4n) is 8.52. The largest absolute Gasteiger partial charge is 0.434 e. The first-order valence-electron chi connectivity index (χ1n) is 17.4. The molecule has 2 aromatic rings. The van der Waals surface area contributed by atoms with Crippen LogP contribution in [0.1, 0.15) is 63.7 Å². The molecule has 262 valence electrons. The summed E-state index contributed by atoms with van der Waals surface area (Å²) in [7, 11) is -3.39. The fraction of sp³-hybridized carbons (Fsp3) is 0.697. The summed E-state index contributed by atoms with van der Waals surface area (Å²) in [6.07, 6.45) is 5.33. The average Bonchev–Trinajstić information content (AvgIpc) is 3.80. The third kappa shape index (κ3) is 6.39. The monoisotopic (exact) mass is 685 g/mol. The lowest BCUT2D eigenvalue weighted by atomic mass is 9.72. The third-order valence-electron chi connectivity index (χ3n) is 11.0. The first kappa shape index (κ1) is 33.5. The minimum Gasteiger partial charge on any atom is -0.434 e. The van der Waals surface area contributed by atoms with Gasteiger partial charge in [0.1, 0.15) is 17.9 Å². The first-order chi connectivity index (χ1) is 22.9. The van der Waals surface area contributed by atoms with Crippen molar-refractivity contribution in [2.75, 3.05) is 63.8 Å². The number of anilines is 1. The van der Waals surface area contributed by atoms with Gasteiger partial charge in [0.15, 0.2) is 5.82 Å². The number of fused-ring (bicyclic) bond motifs is 2. The number of halogens is 1. The van der Waals surface area contributed by atoms with E-state index in [9.17, 15) is 17.6 Å². The van der Waals surface area contributed by atoms with Gasteiger partial charge in [-0.15, -0.1) is 10.2 Å². The lowest BCUT2D eigenvalue weighted by Gasteiger charge is -2.54. The van der Waals surface area contributed by atoms with Gasteiger partial charge in [0.05, 0.1) is 5.56 Å². The van der Waals surface area contributed by atoms with E-state index >= 15 is 0 Å². The molecule has 1 amide bonds. The Kier molecular flexibility index (Phi) is 9.11. The summed E-state index contributed by atoms with van der Waals surface area (Å²) in [6.45, 7) is 14.8. The molecular weight excluding hydrogens is 637 g/mol. The maximum atomic E-state index is 14.4. The van der Waals surface area contributed by atoms with Crippen molar-refractivity contribution in [3.8, 4) is 11.6 Å². The number of nitrogens with one attached hydrogen (secondary N) is 1. The number of rotatable bonds is 10. The van der Waals surface area contributed by atoms with Crippen molar-refractivity contribution in [1.29, 1.82) is 0 Å². The van der Waals surface area contributed by atoms with Crippen molar-refractivity contribution in [3.63, 3.8) is 0 Å². The van der Waals surface area contributed by atoms with Crippen molar-refractivity contribution in [2.45, 2.75) is 77.5 Å². The van der Waals surface area contributed by atoms with E-state index in [2.05, 4.69) is 30.3 Å². The highest BCUT2D eigenvalue weighted by Gasteiger charge is 2.49. The van der Waals surface area contributed by atoms with Crippen LogP contribution in [0.25, 0.3) is 0 Å². The molecule has 0 radical (unpaired) electrons. The second kappa shape index (κ2) is 13.0. The number of benzene rings is 1. The van der Waals surface area contributed by atoms with Crippen LogP contribution in [0.5, 0.6) is 11.6 Å². The Balaban J connectivity index is 0.942. The zero-order chi connectivity index (χ0) is 33.8. The van der Waals surface area contributed by atoms with Crippen LogP contribution in [0.2, 0.25) is 0 Å². The molecule has 2 bridgehead atoms. The fourth-order valence-corrected chi connectivity index (χ4v) is 10.5. The summed E-state index contributed by atoms with van der Waals surface area (Å²) in [5.74, 6) is 0.471. The second-order valence-electron chi connectivity index (χ2n) is 15.0. The zero-order valence-electron chi connectivity index (χ0n) is 28.4. The van der Waals surface area contributed by atoms with Gasteiger partial charge in [-0.25, -0.2) is 9.37 Å². The number of hydrogen-bond acceptors (Lipinski definition) is 10. The quantitative estimate of drug-likeness (QED) is 0.399. The van der Waals surface area contributed by atoms with Gasteiger partial charge in [-0.2, -0.15) is 17.0 Å². The number of aromatic nitrogens is 3. The number of nitrogens with zero attached hydrogens (tertiary/aromatic N) is 8. The van der Waals surface area contributed by atoms with Crippen molar-refractivity contribution in [3.05, 3.63) is 35.9 Å². The Hall–Kier alpha value is -2.98. The Bertz CT molecular complexity index is 1600. The summed E-state index contributed by atoms with van der Waals surface area (Å²) in [6, 6.07) is 4.19. The molecule has 0 unspecified atom stereocenters. The van der Waals surface area contributed by atoms with E-state index in [0.29, 0.717) is 37.4 Å². The lowest BCUT2D eigenvalue weighted by Crippen LogP contribution is -2.61. The van der Waals surface area contributed by atoms with Gasteiger partial charge in [-0.05, 0) is 90.6 Å². The van der Waals surface area contributed by atoms with Crippen LogP contribution in [0.15, 0.2) is 24.5 Å². The maximum Gasteiger partial charge on any atom is 0.282 e. The third-order valence-corrected chi connectivity index (χ3v) is 13.0. The molecule has 0 saturated carbocycles. The molecule has 5 aliphatic rings. The summed E-state index contributed by atoms with van der Waals surface area (Å²) in [4.78, 5) is 24.4. The number of piperidine rings is 1. The Morgan fingerprint density at radius 2 is 1.88 bits per heavy atom. The van der Waals surface area contributed by atoms with E-state index < -0.39 is 16.0 Å². The van der Waals surface area contributed by atoms with Crippen LogP contribution in [-0.2, 0) is 10.2 Å². The van der Waals surface area contributed by atoms with Gasteiger partial charge >= 0.3 is 0 Å². The molecule has 5 aliphatic heterocycles. The number of likely N-dealkylation sites (tertiary alicyclic amines) is 1. The van der Waals surface area contributed by atoms with Crippen molar-refractivity contribution < 1.29 is 22.3 Å². The average molecular weight is 686 g/mol. The summed E-state index contributed by atoms with van der Waals surface area (Å²) < 4.78 is 50.7. The number of carbonyl (C=O) groups is 1. The molecule has 1 spiro atoms. The van der Waals surface area contributed by atoms with Gasteiger partial charge in [0.2, 0.25) is 0 Å².